The molecule has 0 bridgehead atoms. The van der Waals surface area contributed by atoms with Crippen LogP contribution in [0.4, 0.5) is 0 Å². The van der Waals surface area contributed by atoms with Gasteiger partial charge in [0.25, 0.3) is 0 Å². The molecule has 0 aliphatic carbocycles. The Bertz CT molecular complexity index is 440. The molecule has 0 amide bonds. The maximum absolute atomic E-state index is 4.32. The molecule has 2 rings (SSSR count). The predicted octanol–water partition coefficient (Wildman–Crippen LogP) is 2.68. The average Bonchev–Trinajstić information content (AvgIpc) is 2.84. The third-order valence-electron chi connectivity index (χ3n) is 4.91. The first-order chi connectivity index (χ1) is 9.93. The fourth-order valence-corrected chi connectivity index (χ4v) is 3.28. The molecule has 1 saturated heterocycles. The summed E-state index contributed by atoms with van der Waals surface area (Å²) >= 11 is 0. The first kappa shape index (κ1) is 16.5. The monoisotopic (exact) mass is 292 g/mol. The van der Waals surface area contributed by atoms with Crippen molar-refractivity contribution < 1.29 is 0 Å². The van der Waals surface area contributed by atoms with Crippen LogP contribution in [0.1, 0.15) is 46.4 Å². The fourth-order valence-electron chi connectivity index (χ4n) is 3.28. The van der Waals surface area contributed by atoms with Crippen LogP contribution in [-0.4, -0.2) is 45.7 Å². The van der Waals surface area contributed by atoms with Crippen LogP contribution in [0, 0.1) is 12.8 Å². The molecule has 4 heteroatoms. The standard InChI is InChI=1S/C17H32N4/c1-6-17(5)13-21(16(12-19-17)11-14(2)3)10-9-20-8-7-18-15(20)4/h7-8,14,16,19H,6,9-13H2,1-5H3. The van der Waals surface area contributed by atoms with Crippen molar-refractivity contribution in [3.05, 3.63) is 18.2 Å². The Morgan fingerprint density at radius 3 is 2.76 bits per heavy atom. The second kappa shape index (κ2) is 6.93. The number of piperazine rings is 1. The quantitative estimate of drug-likeness (QED) is 0.875. The minimum Gasteiger partial charge on any atom is -0.334 e. The lowest BCUT2D eigenvalue weighted by Crippen LogP contribution is -2.63. The maximum Gasteiger partial charge on any atom is 0.105 e. The number of aryl methyl sites for hydroxylation is 1. The van der Waals surface area contributed by atoms with Gasteiger partial charge in [-0.25, -0.2) is 4.98 Å². The Kier molecular flexibility index (Phi) is 5.44. The summed E-state index contributed by atoms with van der Waals surface area (Å²) in [7, 11) is 0. The SMILES string of the molecule is CCC1(C)CN(CCn2ccnc2C)C(CC(C)C)CN1. The Morgan fingerprint density at radius 2 is 2.19 bits per heavy atom. The zero-order chi connectivity index (χ0) is 15.5. The zero-order valence-electron chi connectivity index (χ0n) is 14.4. The van der Waals surface area contributed by atoms with E-state index in [0.717, 1.165) is 37.9 Å². The molecule has 2 heterocycles. The Balaban J connectivity index is 2.00. The van der Waals surface area contributed by atoms with E-state index >= 15 is 0 Å². The number of nitrogens with zero attached hydrogens (tertiary/aromatic N) is 3. The van der Waals surface area contributed by atoms with Crippen LogP contribution < -0.4 is 5.32 Å². The maximum atomic E-state index is 4.32. The van der Waals surface area contributed by atoms with Gasteiger partial charge in [0.15, 0.2) is 0 Å². The molecule has 4 nitrogen and oxygen atoms in total. The number of hydrogen-bond acceptors (Lipinski definition) is 3. The van der Waals surface area contributed by atoms with Crippen molar-refractivity contribution in [2.75, 3.05) is 19.6 Å². The molecule has 2 atom stereocenters. The van der Waals surface area contributed by atoms with Crippen molar-refractivity contribution in [1.29, 1.82) is 0 Å². The first-order valence-electron chi connectivity index (χ1n) is 8.40. The number of aromatic nitrogens is 2. The summed E-state index contributed by atoms with van der Waals surface area (Å²) in [5.74, 6) is 1.86. The van der Waals surface area contributed by atoms with E-state index in [9.17, 15) is 0 Å². The van der Waals surface area contributed by atoms with Crippen LogP contribution in [0.15, 0.2) is 12.4 Å². The Labute approximate surface area is 129 Å². The molecule has 1 N–H and O–H groups in total. The highest BCUT2D eigenvalue weighted by atomic mass is 15.3. The number of rotatable bonds is 6. The molecule has 0 spiro atoms. The van der Waals surface area contributed by atoms with Gasteiger partial charge in [-0.3, -0.25) is 4.90 Å². The smallest absolute Gasteiger partial charge is 0.105 e. The summed E-state index contributed by atoms with van der Waals surface area (Å²) in [6.07, 6.45) is 6.44. The third-order valence-corrected chi connectivity index (χ3v) is 4.91. The van der Waals surface area contributed by atoms with Crippen LogP contribution >= 0.6 is 0 Å². The largest absolute Gasteiger partial charge is 0.334 e. The minimum atomic E-state index is 0.261. The van der Waals surface area contributed by atoms with E-state index in [-0.39, 0.29) is 5.54 Å². The lowest BCUT2D eigenvalue weighted by molar-refractivity contribution is 0.0697. The lowest BCUT2D eigenvalue weighted by Gasteiger charge is -2.46. The van der Waals surface area contributed by atoms with Gasteiger partial charge in [0.05, 0.1) is 0 Å². The van der Waals surface area contributed by atoms with Crippen molar-refractivity contribution in [2.45, 2.75) is 65.6 Å². The van der Waals surface area contributed by atoms with Crippen molar-refractivity contribution >= 4 is 0 Å². The van der Waals surface area contributed by atoms with Gasteiger partial charge in [0.2, 0.25) is 0 Å². The van der Waals surface area contributed by atoms with Gasteiger partial charge in [-0.1, -0.05) is 20.8 Å². The van der Waals surface area contributed by atoms with Crippen LogP contribution in [-0.2, 0) is 6.54 Å². The van der Waals surface area contributed by atoms with E-state index in [2.05, 4.69) is 60.6 Å². The number of hydrogen-bond donors (Lipinski definition) is 1. The van der Waals surface area contributed by atoms with Crippen LogP contribution in [0.5, 0.6) is 0 Å². The highest BCUT2D eigenvalue weighted by Gasteiger charge is 2.34. The van der Waals surface area contributed by atoms with Gasteiger partial charge >= 0.3 is 0 Å². The second-order valence-corrected chi connectivity index (χ2v) is 7.22. The van der Waals surface area contributed by atoms with E-state index in [4.69, 9.17) is 0 Å². The fraction of sp³-hybridized carbons (Fsp3) is 0.824. The van der Waals surface area contributed by atoms with Crippen LogP contribution in [0.2, 0.25) is 0 Å². The zero-order valence-corrected chi connectivity index (χ0v) is 14.4. The van der Waals surface area contributed by atoms with Gasteiger partial charge < -0.3 is 9.88 Å². The summed E-state index contributed by atoms with van der Waals surface area (Å²) < 4.78 is 2.26. The summed E-state index contributed by atoms with van der Waals surface area (Å²) in [5, 5.41) is 3.77. The average molecular weight is 292 g/mol. The van der Waals surface area contributed by atoms with Crippen LogP contribution in [0.3, 0.4) is 0 Å². The van der Waals surface area contributed by atoms with E-state index in [1.54, 1.807) is 0 Å². The van der Waals surface area contributed by atoms with Crippen molar-refractivity contribution in [1.82, 2.24) is 19.8 Å². The van der Waals surface area contributed by atoms with Gasteiger partial charge in [0, 0.05) is 50.2 Å². The summed E-state index contributed by atoms with van der Waals surface area (Å²) in [5.41, 5.74) is 0.261. The van der Waals surface area contributed by atoms with E-state index < -0.39 is 0 Å². The molecule has 1 aliphatic rings. The lowest BCUT2D eigenvalue weighted by atomic mass is 9.91. The topological polar surface area (TPSA) is 33.1 Å². The third kappa shape index (κ3) is 4.30. The Morgan fingerprint density at radius 1 is 1.43 bits per heavy atom. The molecule has 0 saturated carbocycles. The molecule has 1 aromatic rings. The van der Waals surface area contributed by atoms with Gasteiger partial charge in [-0.2, -0.15) is 0 Å². The highest BCUT2D eigenvalue weighted by molar-refractivity contribution is 4.95. The van der Waals surface area contributed by atoms with E-state index in [1.165, 1.54) is 12.8 Å². The second-order valence-electron chi connectivity index (χ2n) is 7.22. The van der Waals surface area contributed by atoms with Gasteiger partial charge in [-0.15, -0.1) is 0 Å². The highest BCUT2D eigenvalue weighted by Crippen LogP contribution is 2.22. The van der Waals surface area contributed by atoms with E-state index in [1.807, 2.05) is 6.20 Å². The molecule has 1 aromatic heterocycles. The molecular formula is C17H32N4. The first-order valence-corrected chi connectivity index (χ1v) is 8.40. The summed E-state index contributed by atoms with van der Waals surface area (Å²) in [6.45, 7) is 15.8. The Hall–Kier alpha value is -0.870. The molecule has 0 radical (unpaired) electrons. The van der Waals surface area contributed by atoms with Crippen molar-refractivity contribution in [3.63, 3.8) is 0 Å². The normalized spacial score (nSPS) is 27.4. The summed E-state index contributed by atoms with van der Waals surface area (Å²) in [4.78, 5) is 7.02. The predicted molar refractivity (Wildman–Crippen MR) is 88.5 cm³/mol. The summed E-state index contributed by atoms with van der Waals surface area (Å²) in [6, 6.07) is 0.661. The number of imidazole rings is 1. The van der Waals surface area contributed by atoms with Crippen molar-refractivity contribution in [2.24, 2.45) is 5.92 Å². The van der Waals surface area contributed by atoms with Gasteiger partial charge in [0.1, 0.15) is 5.82 Å². The molecule has 2 unspecified atom stereocenters. The number of nitrogens with one attached hydrogen (secondary N) is 1. The van der Waals surface area contributed by atoms with Crippen LogP contribution in [0.25, 0.3) is 0 Å². The molecule has 120 valence electrons. The molecule has 1 aliphatic heterocycles. The minimum absolute atomic E-state index is 0.261. The molecule has 0 aromatic carbocycles. The molecular weight excluding hydrogens is 260 g/mol. The van der Waals surface area contributed by atoms with Gasteiger partial charge in [-0.05, 0) is 32.6 Å². The molecule has 21 heavy (non-hydrogen) atoms. The van der Waals surface area contributed by atoms with E-state index in [0.29, 0.717) is 6.04 Å². The molecule has 1 fully saturated rings. The van der Waals surface area contributed by atoms with Crippen molar-refractivity contribution in [3.8, 4) is 0 Å².